The average Bonchev–Trinajstić information content (AvgIpc) is 2.59. The van der Waals surface area contributed by atoms with E-state index in [1.165, 1.54) is 11.0 Å². The molecule has 2 rings (SSSR count). The highest BCUT2D eigenvalue weighted by molar-refractivity contribution is 5.87. The zero-order valence-electron chi connectivity index (χ0n) is 14.7. The maximum atomic E-state index is 13.1. The SMILES string of the molecule is CCOC(=O)C=Cc1ccc(-c2cc(C(F)(F)F)cc(N(C)C)n2)cc1. The first-order valence-corrected chi connectivity index (χ1v) is 7.92. The summed E-state index contributed by atoms with van der Waals surface area (Å²) in [5, 5.41) is 0. The Hall–Kier alpha value is -2.83. The first-order chi connectivity index (χ1) is 12.2. The molecule has 7 heteroatoms. The minimum Gasteiger partial charge on any atom is -0.463 e. The Morgan fingerprint density at radius 1 is 1.19 bits per heavy atom. The number of pyridine rings is 1. The number of alkyl halides is 3. The Balaban J connectivity index is 2.33. The standard InChI is InChI=1S/C19H19F3N2O2/c1-4-26-18(25)10-7-13-5-8-14(9-6-13)16-11-15(19(20,21)22)12-17(23-16)24(2)3/h5-12H,4H2,1-3H3. The lowest BCUT2D eigenvalue weighted by atomic mass is 10.1. The lowest BCUT2D eigenvalue weighted by Gasteiger charge is -2.16. The molecule has 1 heterocycles. The van der Waals surface area contributed by atoms with Crippen LogP contribution in [0, 0.1) is 0 Å². The molecular weight excluding hydrogens is 345 g/mol. The molecule has 0 fully saturated rings. The van der Waals surface area contributed by atoms with E-state index in [1.807, 2.05) is 0 Å². The van der Waals surface area contributed by atoms with Gasteiger partial charge in [-0.2, -0.15) is 13.2 Å². The topological polar surface area (TPSA) is 42.4 Å². The second-order valence-electron chi connectivity index (χ2n) is 5.70. The largest absolute Gasteiger partial charge is 0.463 e. The normalized spacial score (nSPS) is 11.6. The predicted octanol–water partition coefficient (Wildman–Crippen LogP) is 4.41. The smallest absolute Gasteiger partial charge is 0.416 e. The molecule has 0 saturated heterocycles. The van der Waals surface area contributed by atoms with Gasteiger partial charge in [-0.05, 0) is 30.7 Å². The van der Waals surface area contributed by atoms with Crippen molar-refractivity contribution in [2.24, 2.45) is 0 Å². The minimum atomic E-state index is -4.45. The van der Waals surface area contributed by atoms with Gasteiger partial charge < -0.3 is 9.64 Å². The van der Waals surface area contributed by atoms with E-state index in [9.17, 15) is 18.0 Å². The molecule has 0 spiro atoms. The van der Waals surface area contributed by atoms with E-state index in [-0.39, 0.29) is 18.1 Å². The van der Waals surface area contributed by atoms with Crippen molar-refractivity contribution in [3.63, 3.8) is 0 Å². The number of hydrogen-bond acceptors (Lipinski definition) is 4. The second kappa shape index (κ2) is 8.03. The van der Waals surface area contributed by atoms with Crippen LogP contribution in [0.2, 0.25) is 0 Å². The zero-order chi connectivity index (χ0) is 19.3. The molecule has 0 aliphatic rings. The molecule has 1 aromatic heterocycles. The number of hydrogen-bond donors (Lipinski definition) is 0. The molecule has 0 aliphatic heterocycles. The van der Waals surface area contributed by atoms with Gasteiger partial charge in [0, 0.05) is 25.7 Å². The van der Waals surface area contributed by atoms with Gasteiger partial charge in [0.05, 0.1) is 17.9 Å². The van der Waals surface area contributed by atoms with Gasteiger partial charge >= 0.3 is 12.1 Å². The van der Waals surface area contributed by atoms with E-state index in [1.54, 1.807) is 51.4 Å². The van der Waals surface area contributed by atoms with Crippen LogP contribution in [0.15, 0.2) is 42.5 Å². The van der Waals surface area contributed by atoms with Gasteiger partial charge in [0.1, 0.15) is 5.82 Å². The molecule has 0 N–H and O–H groups in total. The third-order valence-electron chi connectivity index (χ3n) is 3.50. The second-order valence-corrected chi connectivity index (χ2v) is 5.70. The molecule has 4 nitrogen and oxygen atoms in total. The van der Waals surface area contributed by atoms with Crippen LogP contribution in [-0.4, -0.2) is 31.7 Å². The molecule has 0 atom stereocenters. The summed E-state index contributed by atoms with van der Waals surface area (Å²) in [5.74, 6) is -0.229. The number of halogens is 3. The van der Waals surface area contributed by atoms with Crippen LogP contribution in [0.3, 0.4) is 0 Å². The van der Waals surface area contributed by atoms with Crippen molar-refractivity contribution >= 4 is 17.9 Å². The third-order valence-corrected chi connectivity index (χ3v) is 3.50. The Kier molecular flexibility index (Phi) is 6.02. The molecule has 1 aromatic carbocycles. The maximum Gasteiger partial charge on any atom is 0.416 e. The number of rotatable bonds is 5. The van der Waals surface area contributed by atoms with Crippen LogP contribution in [0.4, 0.5) is 19.0 Å². The van der Waals surface area contributed by atoms with Crippen LogP contribution < -0.4 is 4.90 Å². The summed E-state index contributed by atoms with van der Waals surface area (Å²) in [7, 11) is 3.27. The first kappa shape index (κ1) is 19.5. The summed E-state index contributed by atoms with van der Waals surface area (Å²) in [5.41, 5.74) is 0.746. The van der Waals surface area contributed by atoms with E-state index in [2.05, 4.69) is 4.98 Å². The molecule has 0 unspecified atom stereocenters. The highest BCUT2D eigenvalue weighted by Gasteiger charge is 2.32. The molecule has 0 aliphatic carbocycles. The van der Waals surface area contributed by atoms with Crippen molar-refractivity contribution in [1.29, 1.82) is 0 Å². The van der Waals surface area contributed by atoms with Crippen molar-refractivity contribution < 1.29 is 22.7 Å². The van der Waals surface area contributed by atoms with Crippen LogP contribution in [0.25, 0.3) is 17.3 Å². The van der Waals surface area contributed by atoms with E-state index in [0.29, 0.717) is 5.56 Å². The zero-order valence-corrected chi connectivity index (χ0v) is 14.7. The lowest BCUT2D eigenvalue weighted by Crippen LogP contribution is -2.14. The molecule has 138 valence electrons. The van der Waals surface area contributed by atoms with Crippen molar-refractivity contribution in [3.8, 4) is 11.3 Å². The van der Waals surface area contributed by atoms with Crippen molar-refractivity contribution in [1.82, 2.24) is 4.98 Å². The van der Waals surface area contributed by atoms with Gasteiger partial charge in [-0.15, -0.1) is 0 Å². The number of carbonyl (C=O) groups is 1. The van der Waals surface area contributed by atoms with E-state index in [4.69, 9.17) is 4.74 Å². The minimum absolute atomic E-state index is 0.223. The maximum absolute atomic E-state index is 13.1. The number of carbonyl (C=O) groups excluding carboxylic acids is 1. The van der Waals surface area contributed by atoms with Crippen molar-refractivity contribution in [3.05, 3.63) is 53.6 Å². The summed E-state index contributed by atoms with van der Waals surface area (Å²) >= 11 is 0. The molecule has 26 heavy (non-hydrogen) atoms. The summed E-state index contributed by atoms with van der Waals surface area (Å²) < 4.78 is 44.2. The van der Waals surface area contributed by atoms with E-state index >= 15 is 0 Å². The summed E-state index contributed by atoms with van der Waals surface area (Å²) in [6, 6.07) is 8.75. The Morgan fingerprint density at radius 3 is 2.38 bits per heavy atom. The fourth-order valence-electron chi connectivity index (χ4n) is 2.18. The number of nitrogens with zero attached hydrogens (tertiary/aromatic N) is 2. The van der Waals surface area contributed by atoms with Crippen molar-refractivity contribution in [2.45, 2.75) is 13.1 Å². The molecule has 0 bridgehead atoms. The summed E-state index contributed by atoms with van der Waals surface area (Å²) in [6.07, 6.45) is -1.58. The predicted molar refractivity (Wildman–Crippen MR) is 94.7 cm³/mol. The van der Waals surface area contributed by atoms with Crippen LogP contribution in [0.5, 0.6) is 0 Å². The van der Waals surface area contributed by atoms with Gasteiger partial charge in [-0.3, -0.25) is 0 Å². The van der Waals surface area contributed by atoms with Gasteiger partial charge in [0.25, 0.3) is 0 Å². The van der Waals surface area contributed by atoms with Gasteiger partial charge in [0.15, 0.2) is 0 Å². The molecule has 0 radical (unpaired) electrons. The number of ether oxygens (including phenoxy) is 1. The third kappa shape index (κ3) is 5.08. The monoisotopic (exact) mass is 364 g/mol. The van der Waals surface area contributed by atoms with Crippen LogP contribution in [0.1, 0.15) is 18.1 Å². The van der Waals surface area contributed by atoms with E-state index < -0.39 is 17.7 Å². The summed E-state index contributed by atoms with van der Waals surface area (Å²) in [6.45, 7) is 2.00. The van der Waals surface area contributed by atoms with E-state index in [0.717, 1.165) is 17.7 Å². The Bertz CT molecular complexity index is 797. The fraction of sp³-hybridized carbons (Fsp3) is 0.263. The summed E-state index contributed by atoms with van der Waals surface area (Å²) in [4.78, 5) is 17.1. The van der Waals surface area contributed by atoms with Crippen LogP contribution in [-0.2, 0) is 15.7 Å². The number of esters is 1. The van der Waals surface area contributed by atoms with Gasteiger partial charge in [-0.1, -0.05) is 24.3 Å². The Labute approximate surface area is 149 Å². The Morgan fingerprint density at radius 2 is 1.85 bits per heavy atom. The average molecular weight is 364 g/mol. The lowest BCUT2D eigenvalue weighted by molar-refractivity contribution is -0.138. The highest BCUT2D eigenvalue weighted by Crippen LogP contribution is 2.33. The van der Waals surface area contributed by atoms with Gasteiger partial charge in [0.2, 0.25) is 0 Å². The van der Waals surface area contributed by atoms with Crippen LogP contribution >= 0.6 is 0 Å². The number of aromatic nitrogens is 1. The molecular formula is C19H19F3N2O2. The number of benzene rings is 1. The molecule has 0 amide bonds. The molecule has 2 aromatic rings. The first-order valence-electron chi connectivity index (χ1n) is 7.92. The molecule has 0 saturated carbocycles. The fourth-order valence-corrected chi connectivity index (χ4v) is 2.18. The van der Waals surface area contributed by atoms with Crippen molar-refractivity contribution in [2.75, 3.05) is 25.6 Å². The van der Waals surface area contributed by atoms with Gasteiger partial charge in [-0.25, -0.2) is 9.78 Å². The number of anilines is 1. The quantitative estimate of drug-likeness (QED) is 0.582. The highest BCUT2D eigenvalue weighted by atomic mass is 19.4.